The summed E-state index contributed by atoms with van der Waals surface area (Å²) in [7, 11) is -2.38. The normalized spacial score (nSPS) is 11.0. The van der Waals surface area contributed by atoms with Gasteiger partial charge in [-0.05, 0) is 5.10 Å². The maximum atomic E-state index is 11.2. The third-order valence-corrected chi connectivity index (χ3v) is 3.85. The Morgan fingerprint density at radius 3 is 2.67 bits per heavy atom. The molecule has 0 unspecified atom stereocenters. The molecule has 0 saturated carbocycles. The molecule has 0 aliphatic heterocycles. The SMILES string of the molecule is COS(=O)(=O)CC[n+]1ccc(-c2cnc(C#N)cn2)cn1. The van der Waals surface area contributed by atoms with E-state index in [-0.39, 0.29) is 18.0 Å². The first-order chi connectivity index (χ1) is 10.0. The topological polar surface area (TPSA) is 110 Å². The zero-order valence-corrected chi connectivity index (χ0v) is 12.0. The van der Waals surface area contributed by atoms with Gasteiger partial charge in [0.1, 0.15) is 18.0 Å². The predicted octanol–water partition coefficient (Wildman–Crippen LogP) is -0.326. The summed E-state index contributed by atoms with van der Waals surface area (Å²) in [6.07, 6.45) is 6.05. The van der Waals surface area contributed by atoms with Gasteiger partial charge in [-0.2, -0.15) is 13.7 Å². The van der Waals surface area contributed by atoms with Gasteiger partial charge in [-0.25, -0.2) is 4.98 Å². The molecule has 0 atom stereocenters. The summed E-state index contributed by atoms with van der Waals surface area (Å²) in [6, 6.07) is 3.63. The smallest absolute Gasteiger partial charge is 0.273 e. The minimum Gasteiger partial charge on any atom is -0.273 e. The fourth-order valence-electron chi connectivity index (χ4n) is 1.49. The molecule has 0 amide bonds. The molecule has 8 nitrogen and oxygen atoms in total. The van der Waals surface area contributed by atoms with E-state index >= 15 is 0 Å². The van der Waals surface area contributed by atoms with Crippen molar-refractivity contribution in [1.82, 2.24) is 15.1 Å². The number of nitriles is 1. The Morgan fingerprint density at radius 1 is 1.33 bits per heavy atom. The van der Waals surface area contributed by atoms with Gasteiger partial charge in [-0.3, -0.25) is 9.17 Å². The third kappa shape index (κ3) is 4.01. The van der Waals surface area contributed by atoms with Gasteiger partial charge in [0.05, 0.1) is 25.2 Å². The summed E-state index contributed by atoms with van der Waals surface area (Å²) in [4.78, 5) is 8.02. The van der Waals surface area contributed by atoms with Crippen LogP contribution in [0.4, 0.5) is 0 Å². The van der Waals surface area contributed by atoms with E-state index in [1.54, 1.807) is 18.5 Å². The lowest BCUT2D eigenvalue weighted by Crippen LogP contribution is -2.40. The number of nitrogens with zero attached hydrogens (tertiary/aromatic N) is 5. The van der Waals surface area contributed by atoms with Crippen LogP contribution in [0.2, 0.25) is 0 Å². The lowest BCUT2D eigenvalue weighted by Gasteiger charge is -1.99. The molecule has 2 aromatic heterocycles. The van der Waals surface area contributed by atoms with Gasteiger partial charge in [0, 0.05) is 11.6 Å². The number of aryl methyl sites for hydroxylation is 1. The van der Waals surface area contributed by atoms with Crippen LogP contribution < -0.4 is 4.68 Å². The summed E-state index contributed by atoms with van der Waals surface area (Å²) in [5, 5.41) is 12.8. The summed E-state index contributed by atoms with van der Waals surface area (Å²) < 4.78 is 28.3. The Bertz CT molecular complexity index is 751. The lowest BCUT2D eigenvalue weighted by molar-refractivity contribution is -0.750. The highest BCUT2D eigenvalue weighted by molar-refractivity contribution is 7.86. The highest BCUT2D eigenvalue weighted by atomic mass is 32.2. The van der Waals surface area contributed by atoms with Crippen molar-refractivity contribution >= 4 is 10.1 Å². The van der Waals surface area contributed by atoms with E-state index in [0.29, 0.717) is 5.69 Å². The Balaban J connectivity index is 2.10. The standard InChI is InChI=1S/C12H12N5O3S/c1-20-21(18,19)5-4-17-3-2-10(7-16-17)12-9-14-11(6-13)8-15-12/h2-3,7-9H,4-5H2,1H3/q+1. The van der Waals surface area contributed by atoms with Crippen molar-refractivity contribution in [3.05, 3.63) is 36.5 Å². The Labute approximate surface area is 121 Å². The highest BCUT2D eigenvalue weighted by Gasteiger charge is 2.14. The Kier molecular flexibility index (Phi) is 4.52. The van der Waals surface area contributed by atoms with Crippen LogP contribution in [0.25, 0.3) is 11.3 Å². The Hall–Kier alpha value is -2.44. The second-order valence-corrected chi connectivity index (χ2v) is 5.86. The Morgan fingerprint density at radius 2 is 2.14 bits per heavy atom. The summed E-state index contributed by atoms with van der Waals surface area (Å²) in [5.74, 6) is -0.156. The van der Waals surface area contributed by atoms with Crippen LogP contribution in [0.3, 0.4) is 0 Å². The van der Waals surface area contributed by atoms with Crippen LogP contribution >= 0.6 is 0 Å². The molecule has 0 bridgehead atoms. The zero-order valence-electron chi connectivity index (χ0n) is 11.2. The van der Waals surface area contributed by atoms with Gasteiger partial charge >= 0.3 is 0 Å². The van der Waals surface area contributed by atoms with Crippen LogP contribution in [0.1, 0.15) is 5.69 Å². The number of aromatic nitrogens is 4. The first kappa shape index (κ1) is 15.0. The van der Waals surface area contributed by atoms with Gasteiger partial charge in [-0.1, -0.05) is 4.68 Å². The minimum atomic E-state index is -3.50. The van der Waals surface area contributed by atoms with Gasteiger partial charge in [-0.15, -0.1) is 0 Å². The maximum absolute atomic E-state index is 11.2. The van der Waals surface area contributed by atoms with E-state index in [4.69, 9.17) is 5.26 Å². The first-order valence-electron chi connectivity index (χ1n) is 5.90. The van der Waals surface area contributed by atoms with Crippen molar-refractivity contribution in [3.63, 3.8) is 0 Å². The van der Waals surface area contributed by atoms with Crippen LogP contribution in [0.15, 0.2) is 30.9 Å². The molecule has 0 N–H and O–H groups in total. The minimum absolute atomic E-state index is 0.156. The van der Waals surface area contributed by atoms with E-state index in [0.717, 1.165) is 12.7 Å². The van der Waals surface area contributed by atoms with Crippen LogP contribution in [0, 0.1) is 11.3 Å². The zero-order chi connectivity index (χ0) is 15.3. The van der Waals surface area contributed by atoms with Crippen molar-refractivity contribution < 1.29 is 17.3 Å². The van der Waals surface area contributed by atoms with E-state index in [1.165, 1.54) is 17.1 Å². The monoisotopic (exact) mass is 306 g/mol. The quantitative estimate of drug-likeness (QED) is 0.549. The number of rotatable bonds is 5. The molecular formula is C12H12N5O3S+. The third-order valence-electron chi connectivity index (χ3n) is 2.66. The average Bonchev–Trinajstić information content (AvgIpc) is 2.54. The van der Waals surface area contributed by atoms with Crippen molar-refractivity contribution in [2.24, 2.45) is 0 Å². The van der Waals surface area contributed by atoms with Crippen molar-refractivity contribution in [2.45, 2.75) is 6.54 Å². The molecule has 0 aliphatic rings. The van der Waals surface area contributed by atoms with Crippen molar-refractivity contribution in [1.29, 1.82) is 5.26 Å². The average molecular weight is 306 g/mol. The molecule has 2 aromatic rings. The largest absolute Gasteiger partial charge is 0.273 e. The van der Waals surface area contributed by atoms with E-state index in [9.17, 15) is 8.42 Å². The van der Waals surface area contributed by atoms with Gasteiger partial charge in [0.15, 0.2) is 18.4 Å². The molecule has 2 rings (SSSR count). The molecule has 2 heterocycles. The van der Waals surface area contributed by atoms with Crippen LogP contribution in [-0.4, -0.2) is 36.3 Å². The van der Waals surface area contributed by atoms with E-state index < -0.39 is 10.1 Å². The maximum Gasteiger partial charge on any atom is 0.273 e. The van der Waals surface area contributed by atoms with E-state index in [1.807, 2.05) is 6.07 Å². The summed E-state index contributed by atoms with van der Waals surface area (Å²) in [5.41, 5.74) is 1.54. The van der Waals surface area contributed by atoms with Crippen LogP contribution in [-0.2, 0) is 20.8 Å². The van der Waals surface area contributed by atoms with E-state index in [2.05, 4.69) is 19.2 Å². The van der Waals surface area contributed by atoms with Crippen molar-refractivity contribution in [3.8, 4) is 17.3 Å². The predicted molar refractivity (Wildman–Crippen MR) is 71.0 cm³/mol. The molecule has 0 aliphatic carbocycles. The fourth-order valence-corrected chi connectivity index (χ4v) is 2.07. The first-order valence-corrected chi connectivity index (χ1v) is 7.48. The van der Waals surface area contributed by atoms with Crippen LogP contribution in [0.5, 0.6) is 0 Å². The summed E-state index contributed by atoms with van der Waals surface area (Å²) >= 11 is 0. The van der Waals surface area contributed by atoms with Gasteiger partial charge < -0.3 is 0 Å². The second-order valence-electron chi connectivity index (χ2n) is 4.01. The van der Waals surface area contributed by atoms with Gasteiger partial charge in [0.25, 0.3) is 10.1 Å². The molecule has 21 heavy (non-hydrogen) atoms. The molecule has 0 saturated heterocycles. The second kappa shape index (κ2) is 6.34. The molecule has 0 fully saturated rings. The summed E-state index contributed by atoms with van der Waals surface area (Å²) in [6.45, 7) is 0.190. The molecule has 9 heteroatoms. The lowest BCUT2D eigenvalue weighted by atomic mass is 10.2. The number of hydrogen-bond acceptors (Lipinski definition) is 7. The fraction of sp³-hybridized carbons (Fsp3) is 0.250. The molecule has 0 aromatic carbocycles. The molecular weight excluding hydrogens is 294 g/mol. The molecule has 0 spiro atoms. The van der Waals surface area contributed by atoms with Gasteiger partial charge in [0.2, 0.25) is 0 Å². The highest BCUT2D eigenvalue weighted by Crippen LogP contribution is 2.12. The molecule has 0 radical (unpaired) electrons. The molecule has 108 valence electrons. The van der Waals surface area contributed by atoms with Crippen molar-refractivity contribution in [2.75, 3.05) is 12.9 Å². The number of hydrogen-bond donors (Lipinski definition) is 0.